The van der Waals surface area contributed by atoms with E-state index in [4.69, 9.17) is 5.21 Å². The lowest BCUT2D eigenvalue weighted by Crippen LogP contribution is -2.42. The van der Waals surface area contributed by atoms with E-state index in [1.165, 1.54) is 4.90 Å². The minimum Gasteiger partial charge on any atom is -0.352 e. The van der Waals surface area contributed by atoms with E-state index in [0.29, 0.717) is 12.1 Å². The summed E-state index contributed by atoms with van der Waals surface area (Å²) in [5, 5.41) is 11.6. The van der Waals surface area contributed by atoms with Crippen LogP contribution in [0.3, 0.4) is 0 Å². The van der Waals surface area contributed by atoms with Crippen LogP contribution in [0.4, 0.5) is 4.79 Å². The number of amides is 5. The molecule has 1 unspecified atom stereocenters. The molecule has 1 saturated heterocycles. The van der Waals surface area contributed by atoms with Gasteiger partial charge in [0.25, 0.3) is 11.8 Å². The van der Waals surface area contributed by atoms with Crippen LogP contribution in [0.25, 0.3) is 0 Å². The van der Waals surface area contributed by atoms with Gasteiger partial charge in [-0.3, -0.25) is 24.5 Å². The van der Waals surface area contributed by atoms with Crippen LogP contribution in [0.5, 0.6) is 0 Å². The maximum atomic E-state index is 13.5. The Balaban J connectivity index is 1.39. The third-order valence-electron chi connectivity index (χ3n) is 7.22. The molecule has 2 fully saturated rings. The Hall–Kier alpha value is -3.72. The normalized spacial score (nSPS) is 18.3. The van der Waals surface area contributed by atoms with Gasteiger partial charge in [-0.25, -0.2) is 10.3 Å². The second-order valence-corrected chi connectivity index (χ2v) is 9.87. The van der Waals surface area contributed by atoms with Gasteiger partial charge in [-0.1, -0.05) is 61.2 Å². The van der Waals surface area contributed by atoms with Gasteiger partial charge in [-0.15, -0.1) is 0 Å². The summed E-state index contributed by atoms with van der Waals surface area (Å²) >= 11 is 0. The lowest BCUT2D eigenvalue weighted by atomic mass is 9.94. The number of imide groups is 1. The highest BCUT2D eigenvalue weighted by Gasteiger charge is 2.47. The smallest absolute Gasteiger partial charge is 0.328 e. The first-order chi connectivity index (χ1) is 17.9. The van der Waals surface area contributed by atoms with Crippen molar-refractivity contribution < 1.29 is 24.4 Å². The summed E-state index contributed by atoms with van der Waals surface area (Å²) in [5.41, 5.74) is 4.74. The first-order valence-electron chi connectivity index (χ1n) is 12.9. The standard InChI is InChI=1S/C28H34N4O5/c1-19-7-9-21(10-8-19)18-31-24(27(35)32(28(31)36)23-5-3-2-4-6-23)15-16-25(33)29-17-20-11-13-22(14-12-20)26(34)30-37/h7-14,23-24,37H,2-6,15-18H2,1H3,(H,29,33)(H,30,34). The van der Waals surface area contributed by atoms with Crippen LogP contribution in [0.1, 0.15) is 72.0 Å². The van der Waals surface area contributed by atoms with Crippen molar-refractivity contribution in [3.63, 3.8) is 0 Å². The van der Waals surface area contributed by atoms with E-state index in [2.05, 4.69) is 5.32 Å². The van der Waals surface area contributed by atoms with Crippen molar-refractivity contribution in [2.24, 2.45) is 0 Å². The van der Waals surface area contributed by atoms with Crippen LogP contribution in [-0.4, -0.2) is 50.8 Å². The zero-order valence-electron chi connectivity index (χ0n) is 21.1. The van der Waals surface area contributed by atoms with Crippen molar-refractivity contribution in [1.82, 2.24) is 20.6 Å². The van der Waals surface area contributed by atoms with Crippen LogP contribution in [-0.2, 0) is 22.7 Å². The van der Waals surface area contributed by atoms with Gasteiger partial charge in [0.1, 0.15) is 6.04 Å². The third-order valence-corrected chi connectivity index (χ3v) is 7.22. The molecule has 196 valence electrons. The van der Waals surface area contributed by atoms with E-state index >= 15 is 0 Å². The number of nitrogens with one attached hydrogen (secondary N) is 2. The molecular weight excluding hydrogens is 472 g/mol. The summed E-state index contributed by atoms with van der Waals surface area (Å²) in [5.74, 6) is -1.03. The van der Waals surface area contributed by atoms with Gasteiger partial charge in [-0.2, -0.15) is 0 Å². The molecule has 9 heteroatoms. The van der Waals surface area contributed by atoms with Crippen LogP contribution in [0, 0.1) is 6.92 Å². The highest BCUT2D eigenvalue weighted by molar-refractivity contribution is 6.04. The Morgan fingerprint density at radius 1 is 0.946 bits per heavy atom. The quantitative estimate of drug-likeness (QED) is 0.272. The number of urea groups is 1. The Morgan fingerprint density at radius 3 is 2.24 bits per heavy atom. The molecule has 5 amide bonds. The van der Waals surface area contributed by atoms with Crippen molar-refractivity contribution in [2.75, 3.05) is 0 Å². The summed E-state index contributed by atoms with van der Waals surface area (Å²) < 4.78 is 0. The highest BCUT2D eigenvalue weighted by Crippen LogP contribution is 2.31. The molecule has 2 aromatic rings. The maximum absolute atomic E-state index is 13.5. The van der Waals surface area contributed by atoms with Gasteiger partial charge >= 0.3 is 6.03 Å². The van der Waals surface area contributed by atoms with Crippen LogP contribution in [0.2, 0.25) is 0 Å². The molecule has 0 bridgehead atoms. The van der Waals surface area contributed by atoms with Gasteiger partial charge < -0.3 is 10.2 Å². The minimum absolute atomic E-state index is 0.0658. The summed E-state index contributed by atoms with van der Waals surface area (Å²) in [6, 6.07) is 13.4. The number of carbonyl (C=O) groups is 4. The largest absolute Gasteiger partial charge is 0.352 e. The molecule has 2 aliphatic rings. The zero-order valence-corrected chi connectivity index (χ0v) is 21.1. The molecular formula is C28H34N4O5. The topological polar surface area (TPSA) is 119 Å². The van der Waals surface area contributed by atoms with Gasteiger partial charge in [0.15, 0.2) is 0 Å². The minimum atomic E-state index is -0.669. The van der Waals surface area contributed by atoms with E-state index in [9.17, 15) is 19.2 Å². The van der Waals surface area contributed by atoms with Gasteiger partial charge in [0.2, 0.25) is 5.91 Å². The molecule has 1 aliphatic heterocycles. The molecule has 0 aromatic heterocycles. The summed E-state index contributed by atoms with van der Waals surface area (Å²) in [4.78, 5) is 54.0. The lowest BCUT2D eigenvalue weighted by molar-refractivity contribution is -0.130. The average Bonchev–Trinajstić information content (AvgIpc) is 3.15. The average molecular weight is 507 g/mol. The molecule has 0 spiro atoms. The van der Waals surface area contributed by atoms with Crippen molar-refractivity contribution >= 4 is 23.8 Å². The molecule has 37 heavy (non-hydrogen) atoms. The first kappa shape index (κ1) is 26.3. The first-order valence-corrected chi connectivity index (χ1v) is 12.9. The molecule has 2 aromatic carbocycles. The summed E-state index contributed by atoms with van der Waals surface area (Å²) in [6.07, 6.45) is 5.18. The second kappa shape index (κ2) is 12.0. The van der Waals surface area contributed by atoms with E-state index in [-0.39, 0.29) is 43.3 Å². The molecule has 3 N–H and O–H groups in total. The molecule has 1 aliphatic carbocycles. The summed E-state index contributed by atoms with van der Waals surface area (Å²) in [7, 11) is 0. The number of hydroxylamine groups is 1. The number of nitrogens with zero attached hydrogens (tertiary/aromatic N) is 2. The van der Waals surface area contributed by atoms with Gasteiger partial charge in [0, 0.05) is 31.1 Å². The number of hydrogen-bond donors (Lipinski definition) is 3. The van der Waals surface area contributed by atoms with Crippen LogP contribution < -0.4 is 10.8 Å². The van der Waals surface area contributed by atoms with Gasteiger partial charge in [0.05, 0.1) is 0 Å². The Labute approximate surface area is 216 Å². The molecule has 1 saturated carbocycles. The predicted molar refractivity (Wildman–Crippen MR) is 136 cm³/mol. The maximum Gasteiger partial charge on any atom is 0.328 e. The number of benzene rings is 2. The molecule has 0 radical (unpaired) electrons. The molecule has 1 atom stereocenters. The fourth-order valence-electron chi connectivity index (χ4n) is 5.08. The van der Waals surface area contributed by atoms with Crippen LogP contribution >= 0.6 is 0 Å². The van der Waals surface area contributed by atoms with Gasteiger partial charge in [-0.05, 0) is 49.4 Å². The van der Waals surface area contributed by atoms with E-state index in [1.807, 2.05) is 31.2 Å². The monoisotopic (exact) mass is 506 g/mol. The number of rotatable bonds is 9. The van der Waals surface area contributed by atoms with Crippen molar-refractivity contribution in [3.8, 4) is 0 Å². The fraction of sp³-hybridized carbons (Fsp3) is 0.429. The van der Waals surface area contributed by atoms with Crippen molar-refractivity contribution in [1.29, 1.82) is 0 Å². The fourth-order valence-corrected chi connectivity index (χ4v) is 5.08. The number of hydrogen-bond acceptors (Lipinski definition) is 5. The highest BCUT2D eigenvalue weighted by atomic mass is 16.5. The Kier molecular flexibility index (Phi) is 8.55. The Bertz CT molecular complexity index is 1130. The van der Waals surface area contributed by atoms with Crippen molar-refractivity contribution in [2.45, 2.75) is 77.0 Å². The summed E-state index contributed by atoms with van der Waals surface area (Å²) in [6.45, 7) is 2.59. The zero-order chi connectivity index (χ0) is 26.4. The third kappa shape index (κ3) is 6.35. The number of carbonyl (C=O) groups excluding carboxylic acids is 4. The van der Waals surface area contributed by atoms with E-state index in [1.54, 1.807) is 34.6 Å². The molecule has 1 heterocycles. The second-order valence-electron chi connectivity index (χ2n) is 9.87. The van der Waals surface area contributed by atoms with Crippen LogP contribution in [0.15, 0.2) is 48.5 Å². The molecule has 4 rings (SSSR count). The predicted octanol–water partition coefficient (Wildman–Crippen LogP) is 3.68. The lowest BCUT2D eigenvalue weighted by Gasteiger charge is -2.29. The molecule has 9 nitrogen and oxygen atoms in total. The number of aryl methyl sites for hydroxylation is 1. The Morgan fingerprint density at radius 2 is 1.59 bits per heavy atom. The van der Waals surface area contributed by atoms with Crippen molar-refractivity contribution in [3.05, 3.63) is 70.8 Å². The van der Waals surface area contributed by atoms with E-state index < -0.39 is 11.9 Å². The SMILES string of the molecule is Cc1ccc(CN2C(=O)N(C3CCCCC3)C(=O)C2CCC(=O)NCc2ccc(C(=O)NO)cc2)cc1. The van der Waals surface area contributed by atoms with E-state index in [0.717, 1.165) is 48.8 Å².